The Morgan fingerprint density at radius 3 is 2.96 bits per heavy atom. The molecular formula is C18H26N6O2S. The molecule has 2 aliphatic rings. The Bertz CT molecular complexity index is 939. The molecule has 27 heavy (non-hydrogen) atoms. The van der Waals surface area contributed by atoms with Gasteiger partial charge in [-0.1, -0.05) is 6.42 Å². The van der Waals surface area contributed by atoms with Crippen LogP contribution in [0.3, 0.4) is 0 Å². The first-order valence-corrected chi connectivity index (χ1v) is 11.1. The third-order valence-corrected chi connectivity index (χ3v) is 7.40. The van der Waals surface area contributed by atoms with Gasteiger partial charge in [-0.15, -0.1) is 0 Å². The van der Waals surface area contributed by atoms with E-state index in [2.05, 4.69) is 15.4 Å². The van der Waals surface area contributed by atoms with Gasteiger partial charge in [0.2, 0.25) is 10.0 Å². The van der Waals surface area contributed by atoms with Gasteiger partial charge in [0.1, 0.15) is 10.7 Å². The highest BCUT2D eigenvalue weighted by molar-refractivity contribution is 7.89. The lowest BCUT2D eigenvalue weighted by Gasteiger charge is -2.33. The molecule has 0 aromatic carbocycles. The first kappa shape index (κ1) is 18.5. The van der Waals surface area contributed by atoms with Crippen molar-refractivity contribution in [2.45, 2.75) is 63.6 Å². The molecule has 0 bridgehead atoms. The Hall–Kier alpha value is -1.84. The molecule has 0 radical (unpaired) electrons. The number of rotatable bonds is 4. The predicted octanol–water partition coefficient (Wildman–Crippen LogP) is 1.56. The van der Waals surface area contributed by atoms with Crippen molar-refractivity contribution in [2.75, 3.05) is 13.1 Å². The van der Waals surface area contributed by atoms with E-state index < -0.39 is 10.0 Å². The Labute approximate surface area is 160 Å². The molecule has 9 heteroatoms. The van der Waals surface area contributed by atoms with Crippen molar-refractivity contribution in [1.29, 1.82) is 0 Å². The fourth-order valence-corrected chi connectivity index (χ4v) is 5.73. The van der Waals surface area contributed by atoms with E-state index in [1.807, 2.05) is 13.1 Å². The van der Waals surface area contributed by atoms with E-state index in [-0.39, 0.29) is 6.04 Å². The smallest absolute Gasteiger partial charge is 0.247 e. The van der Waals surface area contributed by atoms with Crippen molar-refractivity contribution >= 4 is 10.0 Å². The number of aromatic nitrogens is 4. The van der Waals surface area contributed by atoms with Gasteiger partial charge in [-0.05, 0) is 26.7 Å². The lowest BCUT2D eigenvalue weighted by atomic mass is 10.0. The summed E-state index contributed by atoms with van der Waals surface area (Å²) < 4.78 is 30.1. The molecule has 1 atom stereocenters. The molecule has 2 aliphatic heterocycles. The zero-order valence-electron chi connectivity index (χ0n) is 15.8. The molecule has 0 amide bonds. The van der Waals surface area contributed by atoms with Crippen LogP contribution in [0.15, 0.2) is 17.3 Å². The zero-order valence-corrected chi connectivity index (χ0v) is 16.7. The van der Waals surface area contributed by atoms with E-state index in [0.717, 1.165) is 50.0 Å². The van der Waals surface area contributed by atoms with Crippen LogP contribution in [0.4, 0.5) is 0 Å². The van der Waals surface area contributed by atoms with Crippen molar-refractivity contribution in [1.82, 2.24) is 29.4 Å². The monoisotopic (exact) mass is 390 g/mol. The summed E-state index contributed by atoms with van der Waals surface area (Å²) in [4.78, 5) is 9.59. The van der Waals surface area contributed by atoms with Crippen molar-refractivity contribution in [3.8, 4) is 0 Å². The summed E-state index contributed by atoms with van der Waals surface area (Å²) in [5.41, 5.74) is 2.69. The van der Waals surface area contributed by atoms with Crippen LogP contribution in [-0.2, 0) is 29.5 Å². The summed E-state index contributed by atoms with van der Waals surface area (Å²) >= 11 is 0. The average molecular weight is 391 g/mol. The number of piperidine rings is 1. The maximum absolute atomic E-state index is 13.4. The van der Waals surface area contributed by atoms with Gasteiger partial charge < -0.3 is 5.32 Å². The minimum atomic E-state index is -3.64. The van der Waals surface area contributed by atoms with E-state index in [4.69, 9.17) is 4.98 Å². The summed E-state index contributed by atoms with van der Waals surface area (Å²) in [6.45, 7) is 6.50. The first-order valence-electron chi connectivity index (χ1n) is 9.62. The molecule has 2 aromatic heterocycles. The molecule has 0 saturated carbocycles. The number of hydrogen-bond donors (Lipinski definition) is 1. The van der Waals surface area contributed by atoms with Gasteiger partial charge in [-0.25, -0.2) is 18.4 Å². The van der Waals surface area contributed by atoms with Crippen LogP contribution >= 0.6 is 0 Å². The average Bonchev–Trinajstić information content (AvgIpc) is 3.09. The molecule has 2 aromatic rings. The number of nitrogens with zero attached hydrogens (tertiary/aromatic N) is 5. The number of fused-ring (bicyclic) bond motifs is 1. The van der Waals surface area contributed by atoms with Crippen LogP contribution in [0.25, 0.3) is 0 Å². The molecule has 0 aliphatic carbocycles. The quantitative estimate of drug-likeness (QED) is 0.852. The molecule has 0 spiro atoms. The third kappa shape index (κ3) is 3.39. The summed E-state index contributed by atoms with van der Waals surface area (Å²) in [5.74, 6) is 0.625. The number of nitrogens with one attached hydrogen (secondary N) is 1. The van der Waals surface area contributed by atoms with Gasteiger partial charge in [0, 0.05) is 56.3 Å². The van der Waals surface area contributed by atoms with E-state index in [0.29, 0.717) is 29.5 Å². The molecule has 1 fully saturated rings. The Morgan fingerprint density at radius 1 is 1.33 bits per heavy atom. The van der Waals surface area contributed by atoms with Crippen LogP contribution in [0, 0.1) is 6.92 Å². The second-order valence-electron chi connectivity index (χ2n) is 7.19. The summed E-state index contributed by atoms with van der Waals surface area (Å²) in [6, 6.07) is -0.312. The second kappa shape index (κ2) is 7.29. The van der Waals surface area contributed by atoms with Crippen LogP contribution in [0.2, 0.25) is 0 Å². The number of aryl methyl sites for hydroxylation is 2. The first-order chi connectivity index (χ1) is 13.0. The van der Waals surface area contributed by atoms with Crippen LogP contribution in [0.1, 0.15) is 55.0 Å². The Morgan fingerprint density at radius 2 is 2.19 bits per heavy atom. The van der Waals surface area contributed by atoms with E-state index in [9.17, 15) is 8.42 Å². The van der Waals surface area contributed by atoms with E-state index in [1.165, 1.54) is 0 Å². The number of sulfonamides is 1. The molecule has 1 N–H and O–H groups in total. The van der Waals surface area contributed by atoms with Gasteiger partial charge >= 0.3 is 0 Å². The van der Waals surface area contributed by atoms with Crippen molar-refractivity contribution in [3.63, 3.8) is 0 Å². The third-order valence-electron chi connectivity index (χ3n) is 5.39. The van der Waals surface area contributed by atoms with Crippen molar-refractivity contribution in [2.24, 2.45) is 0 Å². The molecule has 8 nitrogen and oxygen atoms in total. The van der Waals surface area contributed by atoms with Gasteiger partial charge in [0.05, 0.1) is 11.7 Å². The van der Waals surface area contributed by atoms with E-state index in [1.54, 1.807) is 22.1 Å². The fourth-order valence-electron chi connectivity index (χ4n) is 3.90. The van der Waals surface area contributed by atoms with Crippen LogP contribution in [-0.4, -0.2) is 45.6 Å². The minimum Gasteiger partial charge on any atom is -0.312 e. The Balaban J connectivity index is 1.71. The highest BCUT2D eigenvalue weighted by Crippen LogP contribution is 2.35. The minimum absolute atomic E-state index is 0.290. The van der Waals surface area contributed by atoms with Gasteiger partial charge in [-0.2, -0.15) is 9.40 Å². The second-order valence-corrected chi connectivity index (χ2v) is 9.05. The standard InChI is InChI=1S/C18H26N6O2S/c1-3-23-12-17(13(2)22-23)27(25,26)24-9-5-4-6-16(24)18-20-11-14-10-19-8-7-15(14)21-18/h11-12,16,19H,3-10H2,1-2H3/t16-/m0/s1. The summed E-state index contributed by atoms with van der Waals surface area (Å²) in [6.07, 6.45) is 6.92. The molecule has 0 unspecified atom stereocenters. The molecule has 4 rings (SSSR count). The van der Waals surface area contributed by atoms with E-state index >= 15 is 0 Å². The SMILES string of the molecule is CCn1cc(S(=O)(=O)N2CCCC[C@H]2c2ncc3c(n2)CCNC3)c(C)n1. The number of hydrogen-bond acceptors (Lipinski definition) is 6. The van der Waals surface area contributed by atoms with Crippen molar-refractivity contribution < 1.29 is 8.42 Å². The molecular weight excluding hydrogens is 364 g/mol. The maximum atomic E-state index is 13.4. The van der Waals surface area contributed by atoms with Gasteiger partial charge in [0.15, 0.2) is 0 Å². The lowest BCUT2D eigenvalue weighted by molar-refractivity contribution is 0.245. The Kier molecular flexibility index (Phi) is 5.00. The lowest BCUT2D eigenvalue weighted by Crippen LogP contribution is -2.39. The molecule has 4 heterocycles. The van der Waals surface area contributed by atoms with Gasteiger partial charge in [0.25, 0.3) is 0 Å². The fraction of sp³-hybridized carbons (Fsp3) is 0.611. The van der Waals surface area contributed by atoms with Crippen molar-refractivity contribution in [3.05, 3.63) is 35.2 Å². The highest BCUT2D eigenvalue weighted by atomic mass is 32.2. The zero-order chi connectivity index (χ0) is 19.0. The summed E-state index contributed by atoms with van der Waals surface area (Å²) in [7, 11) is -3.64. The van der Waals surface area contributed by atoms with Crippen LogP contribution in [0.5, 0.6) is 0 Å². The molecule has 146 valence electrons. The topological polar surface area (TPSA) is 93.0 Å². The van der Waals surface area contributed by atoms with Crippen LogP contribution < -0.4 is 5.32 Å². The predicted molar refractivity (Wildman–Crippen MR) is 101 cm³/mol. The maximum Gasteiger partial charge on any atom is 0.247 e. The molecule has 1 saturated heterocycles. The van der Waals surface area contributed by atoms with Gasteiger partial charge in [-0.3, -0.25) is 4.68 Å². The summed E-state index contributed by atoms with van der Waals surface area (Å²) in [5, 5.41) is 7.63. The largest absolute Gasteiger partial charge is 0.312 e. The highest BCUT2D eigenvalue weighted by Gasteiger charge is 2.38. The normalized spacial score (nSPS) is 21.2.